The van der Waals surface area contributed by atoms with Crippen LogP contribution in [0.4, 0.5) is 26.1 Å². The molecular formula is C22H22F2N7+. The second-order valence-electron chi connectivity index (χ2n) is 7.66. The van der Waals surface area contributed by atoms with E-state index in [1.54, 1.807) is 35.2 Å². The number of hydrogen-bond donors (Lipinski definition) is 3. The van der Waals surface area contributed by atoms with Crippen molar-refractivity contribution in [3.8, 4) is 11.3 Å². The van der Waals surface area contributed by atoms with Crippen LogP contribution in [0.1, 0.15) is 12.8 Å². The van der Waals surface area contributed by atoms with Gasteiger partial charge in [0.15, 0.2) is 5.52 Å². The number of nitrogens with two attached hydrogens (primary N) is 1. The van der Waals surface area contributed by atoms with Gasteiger partial charge >= 0.3 is 5.95 Å². The molecule has 1 aromatic carbocycles. The number of aromatic amines is 1. The standard InChI is InChI=1S/C22H21F2N7/c23-16-4-1-5-17(24)21(16)18-7-6-15-11-27-22(31(15)29-18)28-19-12-26-9-8-20(19)30-10-2-3-14(25)13-30/h1,4-9,11-12,14H,2-3,10,13,25H2,(H,27,28,29)/p+1/t14-/m0/s1. The molecule has 0 unspecified atom stereocenters. The van der Waals surface area contributed by atoms with Crippen LogP contribution in [0, 0.1) is 11.6 Å². The van der Waals surface area contributed by atoms with Crippen molar-refractivity contribution in [3.63, 3.8) is 0 Å². The molecule has 1 atom stereocenters. The van der Waals surface area contributed by atoms with Crippen LogP contribution in [0.25, 0.3) is 16.8 Å². The van der Waals surface area contributed by atoms with Gasteiger partial charge in [-0.2, -0.15) is 0 Å². The van der Waals surface area contributed by atoms with Gasteiger partial charge in [0, 0.05) is 25.3 Å². The van der Waals surface area contributed by atoms with Crippen LogP contribution in [0.15, 0.2) is 55.0 Å². The first-order valence-electron chi connectivity index (χ1n) is 10.2. The number of aromatic nitrogens is 4. The zero-order valence-electron chi connectivity index (χ0n) is 16.7. The summed E-state index contributed by atoms with van der Waals surface area (Å²) in [5.74, 6) is -0.772. The SMILES string of the molecule is N[C@H]1CCCN(c2ccncc2Nc2[nH]cc3ccc(-c4c(F)cccc4F)n[n+]23)C1. The molecule has 1 aliphatic heterocycles. The van der Waals surface area contributed by atoms with Crippen molar-refractivity contribution >= 4 is 22.8 Å². The van der Waals surface area contributed by atoms with E-state index in [1.807, 2.05) is 6.07 Å². The van der Waals surface area contributed by atoms with Crippen molar-refractivity contribution in [3.05, 3.63) is 66.6 Å². The topological polar surface area (TPSA) is 87.0 Å². The molecule has 0 spiro atoms. The molecule has 0 amide bonds. The predicted molar refractivity (Wildman–Crippen MR) is 114 cm³/mol. The van der Waals surface area contributed by atoms with Crippen LogP contribution in [0.3, 0.4) is 0 Å². The Bertz CT molecular complexity index is 1220. The van der Waals surface area contributed by atoms with Gasteiger partial charge in [-0.05, 0) is 43.2 Å². The molecule has 4 aromatic rings. The molecule has 4 heterocycles. The third-order valence-corrected chi connectivity index (χ3v) is 5.50. The molecule has 9 heteroatoms. The molecular weight excluding hydrogens is 400 g/mol. The van der Waals surface area contributed by atoms with E-state index in [-0.39, 0.29) is 17.3 Å². The van der Waals surface area contributed by atoms with Gasteiger partial charge in [-0.25, -0.2) is 19.1 Å². The average molecular weight is 422 g/mol. The molecule has 5 rings (SSSR count). The number of H-pyrrole nitrogens is 1. The number of fused-ring (bicyclic) bond motifs is 1. The fourth-order valence-electron chi connectivity index (χ4n) is 4.01. The normalized spacial score (nSPS) is 16.6. The zero-order chi connectivity index (χ0) is 21.4. The molecule has 158 valence electrons. The van der Waals surface area contributed by atoms with Crippen LogP contribution in [-0.4, -0.2) is 34.2 Å². The van der Waals surface area contributed by atoms with Crippen LogP contribution >= 0.6 is 0 Å². The third-order valence-electron chi connectivity index (χ3n) is 5.50. The molecule has 0 saturated carbocycles. The van der Waals surface area contributed by atoms with E-state index < -0.39 is 11.6 Å². The van der Waals surface area contributed by atoms with Gasteiger partial charge in [-0.3, -0.25) is 4.98 Å². The number of hydrogen-bond acceptors (Lipinski definition) is 5. The average Bonchev–Trinajstić information content (AvgIpc) is 3.16. The van der Waals surface area contributed by atoms with Crippen molar-refractivity contribution in [2.75, 3.05) is 23.3 Å². The number of pyridine rings is 1. The number of rotatable bonds is 4. The minimum absolute atomic E-state index is 0.135. The molecule has 1 saturated heterocycles. The molecule has 4 N–H and O–H groups in total. The van der Waals surface area contributed by atoms with Gasteiger partial charge in [0.1, 0.15) is 29.2 Å². The number of nitrogens with zero attached hydrogens (tertiary/aromatic N) is 4. The fourth-order valence-corrected chi connectivity index (χ4v) is 4.01. The van der Waals surface area contributed by atoms with Crippen molar-refractivity contribution in [2.45, 2.75) is 18.9 Å². The summed E-state index contributed by atoms with van der Waals surface area (Å²) in [6.45, 7) is 1.69. The summed E-state index contributed by atoms with van der Waals surface area (Å²) in [6, 6.07) is 9.20. The minimum Gasteiger partial charge on any atom is -0.367 e. The lowest BCUT2D eigenvalue weighted by Gasteiger charge is -2.33. The second-order valence-corrected chi connectivity index (χ2v) is 7.66. The zero-order valence-corrected chi connectivity index (χ0v) is 16.7. The maximum absolute atomic E-state index is 14.3. The summed E-state index contributed by atoms with van der Waals surface area (Å²) >= 11 is 0. The van der Waals surface area contributed by atoms with Gasteiger partial charge in [0.2, 0.25) is 0 Å². The Morgan fingerprint density at radius 2 is 2.00 bits per heavy atom. The van der Waals surface area contributed by atoms with Crippen molar-refractivity contribution in [1.29, 1.82) is 0 Å². The summed E-state index contributed by atoms with van der Waals surface area (Å²) in [7, 11) is 0. The van der Waals surface area contributed by atoms with E-state index in [4.69, 9.17) is 5.73 Å². The van der Waals surface area contributed by atoms with Gasteiger partial charge < -0.3 is 10.6 Å². The fraction of sp³-hybridized carbons (Fsp3) is 0.227. The lowest BCUT2D eigenvalue weighted by Crippen LogP contribution is -2.43. The number of nitrogens with one attached hydrogen (secondary N) is 2. The first kappa shape index (κ1) is 19.4. The summed E-state index contributed by atoms with van der Waals surface area (Å²) in [5.41, 5.74) is 8.72. The predicted octanol–water partition coefficient (Wildman–Crippen LogP) is 3.16. The molecule has 7 nitrogen and oxygen atoms in total. The van der Waals surface area contributed by atoms with E-state index >= 15 is 0 Å². The van der Waals surface area contributed by atoms with Crippen LogP contribution < -0.4 is 20.5 Å². The van der Waals surface area contributed by atoms with Crippen LogP contribution in [0.5, 0.6) is 0 Å². The number of anilines is 3. The Hall–Kier alpha value is -3.59. The quantitative estimate of drug-likeness (QED) is 0.440. The molecule has 0 bridgehead atoms. The highest BCUT2D eigenvalue weighted by Gasteiger charge is 2.23. The largest absolute Gasteiger partial charge is 0.384 e. The lowest BCUT2D eigenvalue weighted by atomic mass is 10.1. The molecule has 0 aliphatic carbocycles. The molecule has 0 radical (unpaired) electrons. The Labute approximate surface area is 177 Å². The second kappa shape index (κ2) is 7.92. The van der Waals surface area contributed by atoms with E-state index in [0.29, 0.717) is 5.95 Å². The number of benzene rings is 1. The van der Waals surface area contributed by atoms with Crippen molar-refractivity contribution in [1.82, 2.24) is 15.1 Å². The number of halogens is 2. The highest BCUT2D eigenvalue weighted by molar-refractivity contribution is 5.72. The van der Waals surface area contributed by atoms with E-state index in [2.05, 4.69) is 25.3 Å². The maximum Gasteiger partial charge on any atom is 0.384 e. The molecule has 3 aromatic heterocycles. The first-order valence-corrected chi connectivity index (χ1v) is 10.2. The third kappa shape index (κ3) is 3.68. The smallest absolute Gasteiger partial charge is 0.367 e. The van der Waals surface area contributed by atoms with Crippen molar-refractivity contribution in [2.24, 2.45) is 5.73 Å². The maximum atomic E-state index is 14.3. The molecule has 1 fully saturated rings. The first-order chi connectivity index (χ1) is 15.1. The number of piperidine rings is 1. The van der Waals surface area contributed by atoms with E-state index in [0.717, 1.165) is 42.8 Å². The molecule has 1 aliphatic rings. The summed E-state index contributed by atoms with van der Waals surface area (Å²) in [4.78, 5) is 9.62. The Kier molecular flexibility index (Phi) is 4.95. The van der Waals surface area contributed by atoms with E-state index in [1.165, 1.54) is 18.2 Å². The Morgan fingerprint density at radius 1 is 1.16 bits per heavy atom. The Morgan fingerprint density at radius 3 is 2.81 bits per heavy atom. The summed E-state index contributed by atoms with van der Waals surface area (Å²) in [6.07, 6.45) is 7.30. The van der Waals surface area contributed by atoms with Crippen molar-refractivity contribution < 1.29 is 13.3 Å². The van der Waals surface area contributed by atoms with Gasteiger partial charge in [-0.1, -0.05) is 6.07 Å². The number of imidazole rings is 1. The highest BCUT2D eigenvalue weighted by Crippen LogP contribution is 2.29. The summed E-state index contributed by atoms with van der Waals surface area (Å²) in [5, 5.41) is 7.79. The van der Waals surface area contributed by atoms with Crippen LogP contribution in [0.2, 0.25) is 0 Å². The van der Waals surface area contributed by atoms with Gasteiger partial charge in [0.05, 0.1) is 17.4 Å². The Balaban J connectivity index is 1.52. The minimum atomic E-state index is -0.659. The van der Waals surface area contributed by atoms with E-state index in [9.17, 15) is 8.78 Å². The summed E-state index contributed by atoms with van der Waals surface area (Å²) < 4.78 is 30.1. The highest BCUT2D eigenvalue weighted by atomic mass is 19.1. The van der Waals surface area contributed by atoms with Gasteiger partial charge in [0.25, 0.3) is 0 Å². The van der Waals surface area contributed by atoms with Gasteiger partial charge in [-0.15, -0.1) is 9.61 Å². The monoisotopic (exact) mass is 422 g/mol. The van der Waals surface area contributed by atoms with Crippen LogP contribution in [-0.2, 0) is 0 Å². The lowest BCUT2D eigenvalue weighted by molar-refractivity contribution is -0.563. The molecule has 31 heavy (non-hydrogen) atoms.